The summed E-state index contributed by atoms with van der Waals surface area (Å²) >= 11 is 0. The van der Waals surface area contributed by atoms with E-state index in [1.54, 1.807) is 46.2 Å². The third kappa shape index (κ3) is 7.18. The van der Waals surface area contributed by atoms with Gasteiger partial charge in [0.1, 0.15) is 17.4 Å². The molecule has 0 spiro atoms. The number of aromatic nitrogens is 2. The van der Waals surface area contributed by atoms with Gasteiger partial charge in [0.15, 0.2) is 0 Å². The standard InChI is InChI=1S/C28H35N3O4/c1-20-18-23(22-16-12-9-13-17-22)29-31(20)24(19-21-14-10-8-11-15-21)30(25(32)34-27(2,3)4)26(33)35-28(5,6)7/h8-18,24H,19H2,1-7H3/t24-/m1/s1. The van der Waals surface area contributed by atoms with E-state index >= 15 is 0 Å². The molecule has 186 valence electrons. The van der Waals surface area contributed by atoms with E-state index in [0.29, 0.717) is 6.42 Å². The first-order valence-corrected chi connectivity index (χ1v) is 11.7. The average molecular weight is 478 g/mol. The van der Waals surface area contributed by atoms with Crippen molar-refractivity contribution in [3.05, 3.63) is 78.0 Å². The number of carbonyl (C=O) groups excluding carboxylic acids is 2. The molecule has 0 N–H and O–H groups in total. The lowest BCUT2D eigenvalue weighted by Gasteiger charge is -2.34. The first-order valence-electron chi connectivity index (χ1n) is 11.7. The fourth-order valence-corrected chi connectivity index (χ4v) is 3.59. The maximum Gasteiger partial charge on any atom is 0.421 e. The Morgan fingerprint density at radius 1 is 0.857 bits per heavy atom. The van der Waals surface area contributed by atoms with Gasteiger partial charge in [-0.2, -0.15) is 10.00 Å². The Hall–Kier alpha value is -3.61. The van der Waals surface area contributed by atoms with Crippen molar-refractivity contribution < 1.29 is 19.1 Å². The number of imide groups is 1. The van der Waals surface area contributed by atoms with Gasteiger partial charge in [-0.15, -0.1) is 0 Å². The molecule has 0 bridgehead atoms. The van der Waals surface area contributed by atoms with Crippen LogP contribution in [0.2, 0.25) is 0 Å². The second-order valence-electron chi connectivity index (χ2n) is 10.5. The van der Waals surface area contributed by atoms with Gasteiger partial charge >= 0.3 is 12.2 Å². The molecule has 0 aliphatic rings. The minimum atomic E-state index is -0.806. The summed E-state index contributed by atoms with van der Waals surface area (Å²) in [6.45, 7) is 12.5. The van der Waals surface area contributed by atoms with E-state index in [9.17, 15) is 9.59 Å². The summed E-state index contributed by atoms with van der Waals surface area (Å²) in [6, 6.07) is 21.4. The van der Waals surface area contributed by atoms with E-state index in [4.69, 9.17) is 14.6 Å². The summed E-state index contributed by atoms with van der Waals surface area (Å²) in [5, 5.41) is 4.81. The maximum absolute atomic E-state index is 13.4. The van der Waals surface area contributed by atoms with Crippen molar-refractivity contribution in [3.63, 3.8) is 0 Å². The molecule has 0 radical (unpaired) electrons. The van der Waals surface area contributed by atoms with Crippen molar-refractivity contribution in [3.8, 4) is 11.3 Å². The molecule has 1 aromatic heterocycles. The van der Waals surface area contributed by atoms with Crippen molar-refractivity contribution in [1.29, 1.82) is 0 Å². The van der Waals surface area contributed by atoms with Crippen LogP contribution in [0.5, 0.6) is 0 Å². The molecule has 1 atom stereocenters. The fourth-order valence-electron chi connectivity index (χ4n) is 3.59. The highest BCUT2D eigenvalue weighted by Gasteiger charge is 2.38. The molecule has 3 aromatic rings. The molecule has 0 fully saturated rings. The summed E-state index contributed by atoms with van der Waals surface area (Å²) < 4.78 is 13.0. The van der Waals surface area contributed by atoms with E-state index < -0.39 is 29.6 Å². The Morgan fingerprint density at radius 3 is 1.83 bits per heavy atom. The summed E-state index contributed by atoms with van der Waals surface area (Å²) in [6.07, 6.45) is -2.05. The van der Waals surface area contributed by atoms with Crippen LogP contribution in [0.4, 0.5) is 9.59 Å². The zero-order valence-corrected chi connectivity index (χ0v) is 21.6. The van der Waals surface area contributed by atoms with Gasteiger partial charge in [-0.05, 0) is 60.1 Å². The number of hydrogen-bond acceptors (Lipinski definition) is 5. The van der Waals surface area contributed by atoms with E-state index in [2.05, 4.69) is 0 Å². The SMILES string of the molecule is Cc1cc(-c2ccccc2)nn1[C@H](Cc1ccccc1)N(C(=O)OC(C)(C)C)C(=O)OC(C)(C)C. The van der Waals surface area contributed by atoms with Crippen molar-refractivity contribution >= 4 is 12.2 Å². The molecule has 0 saturated heterocycles. The first kappa shape index (κ1) is 26.0. The molecule has 7 nitrogen and oxygen atoms in total. The van der Waals surface area contributed by atoms with E-state index in [0.717, 1.165) is 27.4 Å². The number of aryl methyl sites for hydroxylation is 1. The number of hydrogen-bond donors (Lipinski definition) is 0. The number of amides is 2. The Labute approximate surface area is 207 Å². The minimum Gasteiger partial charge on any atom is -0.443 e. The normalized spacial score (nSPS) is 12.7. The predicted molar refractivity (Wildman–Crippen MR) is 136 cm³/mol. The van der Waals surface area contributed by atoms with E-state index in [-0.39, 0.29) is 0 Å². The van der Waals surface area contributed by atoms with Gasteiger partial charge in [-0.3, -0.25) is 0 Å². The second kappa shape index (κ2) is 10.3. The molecule has 1 heterocycles. The molecule has 0 aliphatic carbocycles. The quantitative estimate of drug-likeness (QED) is 0.405. The van der Waals surface area contributed by atoms with Crippen LogP contribution in [0.15, 0.2) is 66.7 Å². The monoisotopic (exact) mass is 477 g/mol. The average Bonchev–Trinajstić information content (AvgIpc) is 3.13. The van der Waals surface area contributed by atoms with Crippen molar-refractivity contribution in [2.24, 2.45) is 0 Å². The lowest BCUT2D eigenvalue weighted by atomic mass is 10.1. The second-order valence-corrected chi connectivity index (χ2v) is 10.5. The number of benzene rings is 2. The number of ether oxygens (including phenoxy) is 2. The Bertz CT molecular complexity index is 1110. The third-order valence-electron chi connectivity index (χ3n) is 5.01. The van der Waals surface area contributed by atoms with Crippen LogP contribution in [-0.2, 0) is 15.9 Å². The Morgan fingerprint density at radius 2 is 1.34 bits per heavy atom. The highest BCUT2D eigenvalue weighted by Crippen LogP contribution is 2.28. The van der Waals surface area contributed by atoms with Crippen LogP contribution in [-0.4, -0.2) is 38.1 Å². The summed E-state index contributed by atoms with van der Waals surface area (Å²) in [5.74, 6) is 0. The zero-order chi connectivity index (χ0) is 25.8. The summed E-state index contributed by atoms with van der Waals surface area (Å²) in [7, 11) is 0. The predicted octanol–water partition coefficient (Wildman–Crippen LogP) is 6.77. The molecule has 3 rings (SSSR count). The molecule has 0 aliphatic heterocycles. The molecule has 35 heavy (non-hydrogen) atoms. The number of rotatable bonds is 5. The van der Waals surface area contributed by atoms with Crippen molar-refractivity contribution in [1.82, 2.24) is 14.7 Å². The van der Waals surface area contributed by atoms with Gasteiger partial charge < -0.3 is 9.47 Å². The zero-order valence-electron chi connectivity index (χ0n) is 21.6. The molecule has 7 heteroatoms. The molecular formula is C28H35N3O4. The number of carbonyl (C=O) groups is 2. The van der Waals surface area contributed by atoms with Crippen molar-refractivity contribution in [2.75, 3.05) is 0 Å². The maximum atomic E-state index is 13.4. The highest BCUT2D eigenvalue weighted by molar-refractivity contribution is 5.88. The van der Waals surface area contributed by atoms with Gasteiger partial charge in [-0.1, -0.05) is 60.7 Å². The van der Waals surface area contributed by atoms with Gasteiger partial charge in [0.05, 0.1) is 5.69 Å². The molecule has 0 saturated carbocycles. The van der Waals surface area contributed by atoms with Gasteiger partial charge in [0, 0.05) is 17.7 Å². The largest absolute Gasteiger partial charge is 0.443 e. The van der Waals surface area contributed by atoms with E-state index in [1.165, 1.54) is 0 Å². The van der Waals surface area contributed by atoms with E-state index in [1.807, 2.05) is 73.7 Å². The first-order chi connectivity index (χ1) is 16.3. The minimum absolute atomic E-state index is 0.329. The number of nitrogens with zero attached hydrogens (tertiary/aromatic N) is 3. The van der Waals surface area contributed by atoms with Gasteiger partial charge in [-0.25, -0.2) is 14.3 Å². The third-order valence-corrected chi connectivity index (χ3v) is 5.01. The van der Waals surface area contributed by atoms with Crippen LogP contribution < -0.4 is 0 Å². The van der Waals surface area contributed by atoms with Gasteiger partial charge in [0.25, 0.3) is 0 Å². The topological polar surface area (TPSA) is 73.7 Å². The van der Waals surface area contributed by atoms with Crippen LogP contribution in [0, 0.1) is 6.92 Å². The van der Waals surface area contributed by atoms with Crippen LogP contribution >= 0.6 is 0 Å². The smallest absolute Gasteiger partial charge is 0.421 e. The Kier molecular flexibility index (Phi) is 7.68. The highest BCUT2D eigenvalue weighted by atomic mass is 16.6. The molecular weight excluding hydrogens is 442 g/mol. The van der Waals surface area contributed by atoms with Crippen LogP contribution in [0.3, 0.4) is 0 Å². The summed E-state index contributed by atoms with van der Waals surface area (Å²) in [4.78, 5) is 27.9. The molecule has 2 amide bonds. The lowest BCUT2D eigenvalue weighted by Crippen LogP contribution is -2.48. The Balaban J connectivity index is 2.13. The van der Waals surface area contributed by atoms with Crippen LogP contribution in [0.25, 0.3) is 11.3 Å². The lowest BCUT2D eigenvalue weighted by molar-refractivity contribution is -0.0168. The summed E-state index contributed by atoms with van der Waals surface area (Å²) in [5.41, 5.74) is 1.81. The molecule has 2 aromatic carbocycles. The fraction of sp³-hybridized carbons (Fsp3) is 0.393. The van der Waals surface area contributed by atoms with Crippen molar-refractivity contribution in [2.45, 2.75) is 72.3 Å². The van der Waals surface area contributed by atoms with Crippen LogP contribution in [0.1, 0.15) is 59.0 Å². The van der Waals surface area contributed by atoms with Gasteiger partial charge in [0.2, 0.25) is 0 Å². The molecule has 0 unspecified atom stereocenters.